The molecule has 1 atom stereocenters. The largest absolute Gasteiger partial charge is 0.394 e. The minimum absolute atomic E-state index is 0.00898. The van der Waals surface area contributed by atoms with Crippen LogP contribution in [0.5, 0.6) is 0 Å². The zero-order valence-electron chi connectivity index (χ0n) is 10.3. The minimum atomic E-state index is -0.539. The van der Waals surface area contributed by atoms with E-state index in [2.05, 4.69) is 5.32 Å². The van der Waals surface area contributed by atoms with Crippen molar-refractivity contribution in [3.63, 3.8) is 0 Å². The fraction of sp³-hybridized carbons (Fsp3) is 0.462. The van der Waals surface area contributed by atoms with Crippen LogP contribution in [0.3, 0.4) is 0 Å². The van der Waals surface area contributed by atoms with Crippen molar-refractivity contribution in [2.24, 2.45) is 5.92 Å². The standard InChI is InChI=1S/C13H18FNO2/c1-8(2)12(7-16)15-13(17)10-5-4-9(3)6-11(10)14/h4-6,8,12,16H,7H2,1-3H3,(H,15,17). The van der Waals surface area contributed by atoms with E-state index in [0.717, 1.165) is 5.56 Å². The van der Waals surface area contributed by atoms with Gasteiger partial charge in [0, 0.05) is 0 Å². The smallest absolute Gasteiger partial charge is 0.254 e. The van der Waals surface area contributed by atoms with Gasteiger partial charge in [-0.05, 0) is 30.5 Å². The molecule has 17 heavy (non-hydrogen) atoms. The quantitative estimate of drug-likeness (QED) is 0.842. The number of carbonyl (C=O) groups is 1. The van der Waals surface area contributed by atoms with Crippen LogP contribution in [0.1, 0.15) is 29.8 Å². The summed E-state index contributed by atoms with van der Waals surface area (Å²) in [4.78, 5) is 11.8. The number of carbonyl (C=O) groups excluding carboxylic acids is 1. The molecule has 0 aromatic heterocycles. The molecule has 1 aromatic rings. The summed E-state index contributed by atoms with van der Waals surface area (Å²) >= 11 is 0. The molecule has 0 radical (unpaired) electrons. The van der Waals surface area contributed by atoms with Gasteiger partial charge in [-0.1, -0.05) is 19.9 Å². The van der Waals surface area contributed by atoms with Gasteiger partial charge in [0.1, 0.15) is 5.82 Å². The third-order valence-electron chi connectivity index (χ3n) is 2.69. The Morgan fingerprint density at radius 3 is 2.59 bits per heavy atom. The Kier molecular flexibility index (Phi) is 4.63. The maximum atomic E-state index is 13.5. The van der Waals surface area contributed by atoms with E-state index in [0.29, 0.717) is 0 Å². The number of aryl methyl sites for hydroxylation is 1. The molecule has 1 unspecified atom stereocenters. The Hall–Kier alpha value is -1.42. The molecule has 1 rings (SSSR count). The van der Waals surface area contributed by atoms with Crippen LogP contribution in [0.4, 0.5) is 4.39 Å². The highest BCUT2D eigenvalue weighted by Crippen LogP contribution is 2.11. The molecule has 1 aromatic carbocycles. The summed E-state index contributed by atoms with van der Waals surface area (Å²) in [5.41, 5.74) is 0.774. The topological polar surface area (TPSA) is 49.3 Å². The molecule has 0 fully saturated rings. The molecule has 4 heteroatoms. The van der Waals surface area contributed by atoms with Gasteiger partial charge in [-0.25, -0.2) is 4.39 Å². The third-order valence-corrected chi connectivity index (χ3v) is 2.69. The van der Waals surface area contributed by atoms with Gasteiger partial charge in [-0.2, -0.15) is 0 Å². The van der Waals surface area contributed by atoms with Crippen molar-refractivity contribution in [2.45, 2.75) is 26.8 Å². The number of benzene rings is 1. The first-order valence-electron chi connectivity index (χ1n) is 5.63. The maximum absolute atomic E-state index is 13.5. The lowest BCUT2D eigenvalue weighted by molar-refractivity contribution is 0.0892. The van der Waals surface area contributed by atoms with Gasteiger partial charge in [0.15, 0.2) is 0 Å². The lowest BCUT2D eigenvalue weighted by Gasteiger charge is -2.20. The summed E-state index contributed by atoms with van der Waals surface area (Å²) in [5.74, 6) is -0.935. The monoisotopic (exact) mass is 239 g/mol. The van der Waals surface area contributed by atoms with E-state index >= 15 is 0 Å². The van der Waals surface area contributed by atoms with Crippen molar-refractivity contribution in [1.29, 1.82) is 0 Å². The SMILES string of the molecule is Cc1ccc(C(=O)NC(CO)C(C)C)c(F)c1. The van der Waals surface area contributed by atoms with E-state index in [1.165, 1.54) is 12.1 Å². The molecule has 0 aliphatic heterocycles. The van der Waals surface area contributed by atoms with Crippen molar-refractivity contribution in [3.05, 3.63) is 35.1 Å². The van der Waals surface area contributed by atoms with Crippen LogP contribution in [-0.4, -0.2) is 23.7 Å². The molecule has 1 amide bonds. The number of aliphatic hydroxyl groups excluding tert-OH is 1. The van der Waals surface area contributed by atoms with Crippen molar-refractivity contribution >= 4 is 5.91 Å². The van der Waals surface area contributed by atoms with Gasteiger partial charge in [0.05, 0.1) is 18.2 Å². The van der Waals surface area contributed by atoms with Crippen molar-refractivity contribution in [1.82, 2.24) is 5.32 Å². The number of amides is 1. The first-order valence-corrected chi connectivity index (χ1v) is 5.63. The van der Waals surface area contributed by atoms with Gasteiger partial charge in [0.2, 0.25) is 0 Å². The summed E-state index contributed by atoms with van der Waals surface area (Å²) in [7, 11) is 0. The molecule has 0 spiro atoms. The van der Waals surface area contributed by atoms with Crippen molar-refractivity contribution in [2.75, 3.05) is 6.61 Å². The Balaban J connectivity index is 2.82. The fourth-order valence-corrected chi connectivity index (χ4v) is 1.47. The van der Waals surface area contributed by atoms with Crippen molar-refractivity contribution < 1.29 is 14.3 Å². The number of rotatable bonds is 4. The van der Waals surface area contributed by atoms with Crippen LogP contribution in [0.2, 0.25) is 0 Å². The Morgan fingerprint density at radius 1 is 1.47 bits per heavy atom. The highest BCUT2D eigenvalue weighted by molar-refractivity contribution is 5.94. The highest BCUT2D eigenvalue weighted by Gasteiger charge is 2.18. The molecule has 0 bridgehead atoms. The van der Waals surface area contributed by atoms with E-state index in [1.807, 2.05) is 13.8 Å². The van der Waals surface area contributed by atoms with Gasteiger partial charge in [-0.15, -0.1) is 0 Å². The van der Waals surface area contributed by atoms with Crippen LogP contribution in [0.25, 0.3) is 0 Å². The molecule has 0 saturated carbocycles. The van der Waals surface area contributed by atoms with E-state index in [-0.39, 0.29) is 24.1 Å². The number of nitrogens with one attached hydrogen (secondary N) is 1. The molecule has 0 aliphatic carbocycles. The maximum Gasteiger partial charge on any atom is 0.254 e. The van der Waals surface area contributed by atoms with Crippen molar-refractivity contribution in [3.8, 4) is 0 Å². The summed E-state index contributed by atoms with van der Waals surface area (Å²) in [6, 6.07) is 4.09. The lowest BCUT2D eigenvalue weighted by Crippen LogP contribution is -2.41. The first-order chi connectivity index (χ1) is 7.95. The van der Waals surface area contributed by atoms with E-state index in [4.69, 9.17) is 5.11 Å². The number of halogens is 1. The molecule has 3 nitrogen and oxygen atoms in total. The first kappa shape index (κ1) is 13.6. The predicted octanol–water partition coefficient (Wildman–Crippen LogP) is 1.88. The highest BCUT2D eigenvalue weighted by atomic mass is 19.1. The average Bonchev–Trinajstić information content (AvgIpc) is 2.24. The number of hydrogen-bond acceptors (Lipinski definition) is 2. The second-order valence-corrected chi connectivity index (χ2v) is 4.49. The molecule has 0 aliphatic rings. The van der Waals surface area contributed by atoms with Gasteiger partial charge >= 0.3 is 0 Å². The van der Waals surface area contributed by atoms with Gasteiger partial charge in [-0.3, -0.25) is 4.79 Å². The second kappa shape index (κ2) is 5.77. The van der Waals surface area contributed by atoms with E-state index in [9.17, 15) is 9.18 Å². The summed E-state index contributed by atoms with van der Waals surface area (Å²) in [6.07, 6.45) is 0. The van der Waals surface area contributed by atoms with Gasteiger partial charge in [0.25, 0.3) is 5.91 Å². The second-order valence-electron chi connectivity index (χ2n) is 4.49. The molecule has 2 N–H and O–H groups in total. The third kappa shape index (κ3) is 3.53. The predicted molar refractivity (Wildman–Crippen MR) is 64.3 cm³/mol. The fourth-order valence-electron chi connectivity index (χ4n) is 1.47. The summed E-state index contributed by atoms with van der Waals surface area (Å²) < 4.78 is 13.5. The summed E-state index contributed by atoms with van der Waals surface area (Å²) in [5, 5.41) is 11.7. The van der Waals surface area contributed by atoms with Crippen LogP contribution in [0, 0.1) is 18.7 Å². The normalized spacial score (nSPS) is 12.6. The number of hydrogen-bond donors (Lipinski definition) is 2. The summed E-state index contributed by atoms with van der Waals surface area (Å²) in [6.45, 7) is 5.37. The Morgan fingerprint density at radius 2 is 2.12 bits per heavy atom. The van der Waals surface area contributed by atoms with Crippen LogP contribution < -0.4 is 5.32 Å². The molecular formula is C13H18FNO2. The number of aliphatic hydroxyl groups is 1. The van der Waals surface area contributed by atoms with Crippen LogP contribution in [-0.2, 0) is 0 Å². The molecular weight excluding hydrogens is 221 g/mol. The zero-order chi connectivity index (χ0) is 13.0. The zero-order valence-corrected chi connectivity index (χ0v) is 10.3. The molecule has 0 heterocycles. The lowest BCUT2D eigenvalue weighted by atomic mass is 10.0. The van der Waals surface area contributed by atoms with Gasteiger partial charge < -0.3 is 10.4 Å². The van der Waals surface area contributed by atoms with E-state index < -0.39 is 11.7 Å². The molecule has 0 saturated heterocycles. The average molecular weight is 239 g/mol. The van der Waals surface area contributed by atoms with E-state index in [1.54, 1.807) is 13.0 Å². The molecule has 94 valence electrons. The van der Waals surface area contributed by atoms with Crippen LogP contribution >= 0.6 is 0 Å². The Labute approximate surface area is 101 Å². The Bertz CT molecular complexity index is 404. The van der Waals surface area contributed by atoms with Crippen LogP contribution in [0.15, 0.2) is 18.2 Å². The minimum Gasteiger partial charge on any atom is -0.394 e.